The number of aryl methyl sites for hydroxylation is 1. The summed E-state index contributed by atoms with van der Waals surface area (Å²) in [5, 5.41) is 0. The lowest BCUT2D eigenvalue weighted by atomic mass is 10.1. The summed E-state index contributed by atoms with van der Waals surface area (Å²) in [4.78, 5) is 4.02. The minimum atomic E-state index is 0.417. The van der Waals surface area contributed by atoms with E-state index >= 15 is 0 Å². The van der Waals surface area contributed by atoms with Crippen LogP contribution in [0.2, 0.25) is 0 Å². The van der Waals surface area contributed by atoms with Gasteiger partial charge in [-0.25, -0.2) is 4.98 Å². The van der Waals surface area contributed by atoms with Crippen molar-refractivity contribution in [3.05, 3.63) is 18.7 Å². The van der Waals surface area contributed by atoms with E-state index in [0.29, 0.717) is 4.75 Å². The molecule has 0 N–H and O–H groups in total. The fraction of sp³-hybridized carbons (Fsp3) is 0.700. The van der Waals surface area contributed by atoms with Crippen LogP contribution in [0.15, 0.2) is 18.7 Å². The van der Waals surface area contributed by atoms with E-state index in [4.69, 9.17) is 0 Å². The highest BCUT2D eigenvalue weighted by Crippen LogP contribution is 2.26. The highest BCUT2D eigenvalue weighted by atomic mass is 32.2. The molecule has 0 spiro atoms. The van der Waals surface area contributed by atoms with Gasteiger partial charge >= 0.3 is 0 Å². The molecule has 0 aliphatic heterocycles. The molecule has 3 heteroatoms. The summed E-state index contributed by atoms with van der Waals surface area (Å²) < 4.78 is 2.55. The van der Waals surface area contributed by atoms with Crippen molar-refractivity contribution in [1.29, 1.82) is 0 Å². The molecule has 1 aromatic heterocycles. The largest absolute Gasteiger partial charge is 0.337 e. The van der Waals surface area contributed by atoms with E-state index in [9.17, 15) is 0 Å². The molecule has 0 radical (unpaired) electrons. The standard InChI is InChI=1S/C10H18N2S/c1-10(2,13-3)5-4-7-12-8-6-11-9-12/h6,8-9H,4-5,7H2,1-3H3. The highest BCUT2D eigenvalue weighted by Gasteiger charge is 2.14. The van der Waals surface area contributed by atoms with Gasteiger partial charge in [0.2, 0.25) is 0 Å². The molecule has 0 fully saturated rings. The third kappa shape index (κ3) is 3.85. The van der Waals surface area contributed by atoms with Gasteiger partial charge < -0.3 is 4.57 Å². The molecule has 0 atom stereocenters. The zero-order valence-electron chi connectivity index (χ0n) is 8.66. The molecule has 2 nitrogen and oxygen atoms in total. The summed E-state index contributed by atoms with van der Waals surface area (Å²) in [5.41, 5.74) is 0. The van der Waals surface area contributed by atoms with E-state index in [1.165, 1.54) is 12.8 Å². The molecular weight excluding hydrogens is 180 g/mol. The average Bonchev–Trinajstić information content (AvgIpc) is 2.57. The maximum Gasteiger partial charge on any atom is 0.0945 e. The Morgan fingerprint density at radius 3 is 2.77 bits per heavy atom. The van der Waals surface area contributed by atoms with Gasteiger partial charge in [-0.2, -0.15) is 11.8 Å². The van der Waals surface area contributed by atoms with Crippen molar-refractivity contribution in [2.75, 3.05) is 6.26 Å². The molecule has 0 saturated heterocycles. The minimum absolute atomic E-state index is 0.417. The summed E-state index contributed by atoms with van der Waals surface area (Å²) in [7, 11) is 0. The Morgan fingerprint density at radius 1 is 1.46 bits per heavy atom. The van der Waals surface area contributed by atoms with Gasteiger partial charge in [-0.1, -0.05) is 13.8 Å². The van der Waals surface area contributed by atoms with E-state index < -0.39 is 0 Å². The third-order valence-electron chi connectivity index (χ3n) is 2.31. The first-order chi connectivity index (χ1) is 6.14. The van der Waals surface area contributed by atoms with Gasteiger partial charge in [-0.3, -0.25) is 0 Å². The average molecular weight is 198 g/mol. The molecule has 0 unspecified atom stereocenters. The van der Waals surface area contributed by atoms with Crippen LogP contribution in [-0.4, -0.2) is 20.6 Å². The Hall–Kier alpha value is -0.440. The Bertz CT molecular complexity index is 229. The predicted octanol–water partition coefficient (Wildman–Crippen LogP) is 2.80. The summed E-state index contributed by atoms with van der Waals surface area (Å²) in [6.07, 6.45) is 10.4. The van der Waals surface area contributed by atoms with E-state index in [-0.39, 0.29) is 0 Å². The normalized spacial score (nSPS) is 11.9. The predicted molar refractivity (Wildman–Crippen MR) is 59.1 cm³/mol. The summed E-state index contributed by atoms with van der Waals surface area (Å²) in [6.45, 7) is 5.68. The van der Waals surface area contributed by atoms with E-state index in [1.807, 2.05) is 30.5 Å². The lowest BCUT2D eigenvalue weighted by molar-refractivity contribution is 0.544. The van der Waals surface area contributed by atoms with Gasteiger partial charge in [0.15, 0.2) is 0 Å². The fourth-order valence-corrected chi connectivity index (χ4v) is 1.56. The molecular formula is C10H18N2S. The van der Waals surface area contributed by atoms with Crippen molar-refractivity contribution < 1.29 is 0 Å². The highest BCUT2D eigenvalue weighted by molar-refractivity contribution is 7.99. The van der Waals surface area contributed by atoms with Crippen LogP contribution in [0.4, 0.5) is 0 Å². The van der Waals surface area contributed by atoms with Crippen LogP contribution in [0.25, 0.3) is 0 Å². The first kappa shape index (κ1) is 10.6. The first-order valence-corrected chi connectivity index (χ1v) is 5.87. The molecule has 0 amide bonds. The lowest BCUT2D eigenvalue weighted by Crippen LogP contribution is -2.14. The SMILES string of the molecule is CSC(C)(C)CCCn1ccnc1. The second kappa shape index (κ2) is 4.70. The van der Waals surface area contributed by atoms with Crippen molar-refractivity contribution in [3.8, 4) is 0 Å². The van der Waals surface area contributed by atoms with Gasteiger partial charge in [0.1, 0.15) is 0 Å². The molecule has 0 aliphatic rings. The Balaban J connectivity index is 2.21. The maximum absolute atomic E-state index is 4.02. The molecule has 0 aliphatic carbocycles. The second-order valence-corrected chi connectivity index (χ2v) is 5.38. The smallest absolute Gasteiger partial charge is 0.0945 e. The van der Waals surface area contributed by atoms with Crippen LogP contribution in [0.3, 0.4) is 0 Å². The summed E-state index contributed by atoms with van der Waals surface area (Å²) >= 11 is 1.94. The number of imidazole rings is 1. The van der Waals surface area contributed by atoms with Crippen molar-refractivity contribution in [2.24, 2.45) is 0 Å². The number of hydrogen-bond donors (Lipinski definition) is 0. The van der Waals surface area contributed by atoms with Gasteiger partial charge in [-0.15, -0.1) is 0 Å². The summed E-state index contributed by atoms with van der Waals surface area (Å²) in [5.74, 6) is 0. The van der Waals surface area contributed by atoms with Crippen LogP contribution < -0.4 is 0 Å². The van der Waals surface area contributed by atoms with Crippen molar-refractivity contribution in [1.82, 2.24) is 9.55 Å². The van der Waals surface area contributed by atoms with Crippen LogP contribution in [0, 0.1) is 0 Å². The fourth-order valence-electron chi connectivity index (χ4n) is 1.21. The molecule has 0 saturated carbocycles. The Labute approximate surface area is 84.7 Å². The maximum atomic E-state index is 4.02. The number of hydrogen-bond acceptors (Lipinski definition) is 2. The van der Waals surface area contributed by atoms with E-state index in [2.05, 4.69) is 29.7 Å². The molecule has 1 heterocycles. The number of aromatic nitrogens is 2. The van der Waals surface area contributed by atoms with Gasteiger partial charge in [0.25, 0.3) is 0 Å². The molecule has 74 valence electrons. The van der Waals surface area contributed by atoms with Crippen molar-refractivity contribution in [2.45, 2.75) is 38.0 Å². The Morgan fingerprint density at radius 2 is 2.23 bits per heavy atom. The molecule has 1 rings (SSSR count). The zero-order chi connectivity index (χ0) is 9.73. The number of thioether (sulfide) groups is 1. The topological polar surface area (TPSA) is 17.8 Å². The van der Waals surface area contributed by atoms with Gasteiger partial charge in [-0.05, 0) is 19.1 Å². The van der Waals surface area contributed by atoms with Gasteiger partial charge in [0, 0.05) is 23.7 Å². The monoisotopic (exact) mass is 198 g/mol. The van der Waals surface area contributed by atoms with Crippen LogP contribution in [0.1, 0.15) is 26.7 Å². The Kier molecular flexibility index (Phi) is 3.85. The van der Waals surface area contributed by atoms with Crippen LogP contribution in [-0.2, 0) is 6.54 Å². The lowest BCUT2D eigenvalue weighted by Gasteiger charge is -2.21. The number of nitrogens with zero attached hydrogens (tertiary/aromatic N) is 2. The quantitative estimate of drug-likeness (QED) is 0.724. The second-order valence-electron chi connectivity index (χ2n) is 3.87. The van der Waals surface area contributed by atoms with E-state index in [1.54, 1.807) is 0 Å². The number of rotatable bonds is 5. The minimum Gasteiger partial charge on any atom is -0.337 e. The molecule has 0 bridgehead atoms. The summed E-state index contributed by atoms with van der Waals surface area (Å²) in [6, 6.07) is 0. The van der Waals surface area contributed by atoms with Gasteiger partial charge in [0.05, 0.1) is 6.33 Å². The van der Waals surface area contributed by atoms with Crippen LogP contribution in [0.5, 0.6) is 0 Å². The first-order valence-electron chi connectivity index (χ1n) is 4.65. The molecule has 1 aromatic rings. The molecule has 13 heavy (non-hydrogen) atoms. The van der Waals surface area contributed by atoms with Crippen molar-refractivity contribution >= 4 is 11.8 Å². The molecule has 0 aromatic carbocycles. The van der Waals surface area contributed by atoms with E-state index in [0.717, 1.165) is 6.54 Å². The van der Waals surface area contributed by atoms with Crippen molar-refractivity contribution in [3.63, 3.8) is 0 Å². The third-order valence-corrected chi connectivity index (χ3v) is 3.62. The zero-order valence-corrected chi connectivity index (χ0v) is 9.47. The van der Waals surface area contributed by atoms with Crippen LogP contribution >= 0.6 is 11.8 Å².